The van der Waals surface area contributed by atoms with E-state index in [0.717, 1.165) is 37.4 Å². The molecule has 1 saturated heterocycles. The second-order valence-electron chi connectivity index (χ2n) is 6.24. The average molecular weight is 375 g/mol. The number of aryl methyl sites for hydroxylation is 1. The first-order valence-electron chi connectivity index (χ1n) is 8.69. The zero-order valence-corrected chi connectivity index (χ0v) is 15.6. The van der Waals surface area contributed by atoms with Crippen LogP contribution < -0.4 is 15.0 Å². The Balaban J connectivity index is 1.45. The molecule has 0 atom stereocenters. The van der Waals surface area contributed by atoms with Gasteiger partial charge in [-0.3, -0.25) is 4.79 Å². The molecule has 1 heterocycles. The van der Waals surface area contributed by atoms with Gasteiger partial charge in [0.25, 0.3) is 5.91 Å². The summed E-state index contributed by atoms with van der Waals surface area (Å²) in [5.41, 5.74) is 3.15. The summed E-state index contributed by atoms with van der Waals surface area (Å²) in [6.07, 6.45) is 0. The molecule has 3 rings (SSSR count). The Morgan fingerprint density at radius 2 is 1.92 bits per heavy atom. The normalized spacial score (nSPS) is 14.2. The zero-order valence-electron chi connectivity index (χ0n) is 14.8. The highest BCUT2D eigenvalue weighted by atomic mass is 35.5. The van der Waals surface area contributed by atoms with E-state index in [1.807, 2.05) is 25.1 Å². The number of carbonyl (C=O) groups is 1. The Kier molecular flexibility index (Phi) is 6.36. The van der Waals surface area contributed by atoms with Crippen LogP contribution in [0, 0.1) is 6.92 Å². The van der Waals surface area contributed by atoms with Gasteiger partial charge in [-0.15, -0.1) is 0 Å². The topological polar surface area (TPSA) is 50.8 Å². The molecule has 26 heavy (non-hydrogen) atoms. The Bertz CT molecular complexity index is 743. The second-order valence-corrected chi connectivity index (χ2v) is 6.68. The summed E-state index contributed by atoms with van der Waals surface area (Å²) < 4.78 is 10.9. The van der Waals surface area contributed by atoms with Crippen molar-refractivity contribution < 1.29 is 14.3 Å². The van der Waals surface area contributed by atoms with Crippen molar-refractivity contribution in [3.05, 3.63) is 58.6 Å². The van der Waals surface area contributed by atoms with Gasteiger partial charge >= 0.3 is 0 Å². The van der Waals surface area contributed by atoms with Gasteiger partial charge in [-0.05, 0) is 48.4 Å². The third-order valence-corrected chi connectivity index (χ3v) is 4.53. The lowest BCUT2D eigenvalue weighted by Gasteiger charge is -2.28. The van der Waals surface area contributed by atoms with Crippen molar-refractivity contribution in [3.8, 4) is 5.75 Å². The van der Waals surface area contributed by atoms with Gasteiger partial charge < -0.3 is 19.7 Å². The van der Waals surface area contributed by atoms with Crippen LogP contribution in [0.25, 0.3) is 0 Å². The fraction of sp³-hybridized carbons (Fsp3) is 0.350. The number of anilines is 1. The van der Waals surface area contributed by atoms with Gasteiger partial charge in [-0.25, -0.2) is 0 Å². The third kappa shape index (κ3) is 5.13. The summed E-state index contributed by atoms with van der Waals surface area (Å²) in [7, 11) is 0. The van der Waals surface area contributed by atoms with Crippen molar-refractivity contribution in [3.63, 3.8) is 0 Å². The molecule has 0 unspecified atom stereocenters. The van der Waals surface area contributed by atoms with Gasteiger partial charge in [0, 0.05) is 30.3 Å². The molecule has 1 aliphatic heterocycles. The van der Waals surface area contributed by atoms with Gasteiger partial charge in [0.05, 0.1) is 13.2 Å². The highest BCUT2D eigenvalue weighted by molar-refractivity contribution is 6.30. The molecule has 1 N–H and O–H groups in total. The lowest BCUT2D eigenvalue weighted by Crippen LogP contribution is -2.36. The number of hydrogen-bond acceptors (Lipinski definition) is 4. The molecule has 1 aliphatic rings. The average Bonchev–Trinajstić information content (AvgIpc) is 2.67. The molecule has 1 fully saturated rings. The van der Waals surface area contributed by atoms with E-state index >= 15 is 0 Å². The molecule has 6 heteroatoms. The lowest BCUT2D eigenvalue weighted by molar-refractivity contribution is -0.123. The van der Waals surface area contributed by atoms with Gasteiger partial charge in [0.2, 0.25) is 0 Å². The number of nitrogens with zero attached hydrogens (tertiary/aromatic N) is 1. The lowest BCUT2D eigenvalue weighted by atomic mass is 10.2. The van der Waals surface area contributed by atoms with Gasteiger partial charge in [-0.2, -0.15) is 0 Å². The number of benzene rings is 2. The SMILES string of the molecule is Cc1cc(Cl)ccc1OCC(=O)NCc1ccc(N2CCOCC2)cc1. The zero-order chi connectivity index (χ0) is 18.4. The number of nitrogens with one attached hydrogen (secondary N) is 1. The minimum atomic E-state index is -0.156. The molecule has 2 aromatic rings. The molecular weight excluding hydrogens is 352 g/mol. The number of hydrogen-bond donors (Lipinski definition) is 1. The van der Waals surface area contributed by atoms with E-state index in [1.165, 1.54) is 5.69 Å². The molecule has 0 saturated carbocycles. The van der Waals surface area contributed by atoms with Crippen molar-refractivity contribution in [2.24, 2.45) is 0 Å². The maximum absolute atomic E-state index is 12.0. The Morgan fingerprint density at radius 1 is 1.19 bits per heavy atom. The highest BCUT2D eigenvalue weighted by Gasteiger charge is 2.11. The second kappa shape index (κ2) is 8.92. The standard InChI is InChI=1S/C20H23ClN2O3/c1-15-12-17(21)4-7-19(15)26-14-20(24)22-13-16-2-5-18(6-3-16)23-8-10-25-11-9-23/h2-7,12H,8-11,13-14H2,1H3,(H,22,24). The molecule has 0 radical (unpaired) electrons. The van der Waals surface area contributed by atoms with E-state index in [0.29, 0.717) is 17.3 Å². The summed E-state index contributed by atoms with van der Waals surface area (Å²) in [4.78, 5) is 14.3. The maximum Gasteiger partial charge on any atom is 0.258 e. The summed E-state index contributed by atoms with van der Waals surface area (Å²) in [5, 5.41) is 3.53. The molecule has 1 amide bonds. The fourth-order valence-corrected chi connectivity index (χ4v) is 3.04. The number of rotatable bonds is 6. The molecule has 0 spiro atoms. The Hall–Kier alpha value is -2.24. The van der Waals surface area contributed by atoms with Crippen LogP contribution in [0.5, 0.6) is 5.75 Å². The van der Waals surface area contributed by atoms with Crippen LogP contribution in [0.2, 0.25) is 5.02 Å². The maximum atomic E-state index is 12.0. The first-order chi connectivity index (χ1) is 12.6. The van der Waals surface area contributed by atoms with E-state index < -0.39 is 0 Å². The summed E-state index contributed by atoms with van der Waals surface area (Å²) >= 11 is 5.91. The van der Waals surface area contributed by atoms with Crippen molar-refractivity contribution in [2.75, 3.05) is 37.8 Å². The van der Waals surface area contributed by atoms with E-state index in [4.69, 9.17) is 21.1 Å². The molecule has 0 bridgehead atoms. The highest BCUT2D eigenvalue weighted by Crippen LogP contribution is 2.21. The van der Waals surface area contributed by atoms with Crippen LogP contribution in [-0.4, -0.2) is 38.8 Å². The quantitative estimate of drug-likeness (QED) is 0.843. The number of carbonyl (C=O) groups excluding carboxylic acids is 1. The minimum absolute atomic E-state index is 0.0195. The first kappa shape index (κ1) is 18.5. The third-order valence-electron chi connectivity index (χ3n) is 4.30. The van der Waals surface area contributed by atoms with Gasteiger partial charge in [-0.1, -0.05) is 23.7 Å². The smallest absolute Gasteiger partial charge is 0.258 e. The molecule has 0 aliphatic carbocycles. The molecule has 5 nitrogen and oxygen atoms in total. The van der Waals surface area contributed by atoms with Crippen LogP contribution in [0.15, 0.2) is 42.5 Å². The van der Waals surface area contributed by atoms with Crippen molar-refractivity contribution in [1.82, 2.24) is 5.32 Å². The molecule has 138 valence electrons. The summed E-state index contributed by atoms with van der Waals surface area (Å²) in [5.74, 6) is 0.510. The number of morpholine rings is 1. The van der Waals surface area contributed by atoms with Crippen LogP contribution in [0.1, 0.15) is 11.1 Å². The predicted octanol–water partition coefficient (Wildman–Crippen LogP) is 3.18. The van der Waals surface area contributed by atoms with E-state index in [-0.39, 0.29) is 12.5 Å². The van der Waals surface area contributed by atoms with E-state index in [1.54, 1.807) is 12.1 Å². The summed E-state index contributed by atoms with van der Waals surface area (Å²) in [6.45, 7) is 5.72. The van der Waals surface area contributed by atoms with E-state index in [2.05, 4.69) is 22.3 Å². The van der Waals surface area contributed by atoms with Crippen LogP contribution >= 0.6 is 11.6 Å². The largest absolute Gasteiger partial charge is 0.484 e. The summed E-state index contributed by atoms with van der Waals surface area (Å²) in [6, 6.07) is 13.6. The molecule has 2 aromatic carbocycles. The van der Waals surface area contributed by atoms with Crippen LogP contribution in [0.4, 0.5) is 5.69 Å². The number of amides is 1. The predicted molar refractivity (Wildman–Crippen MR) is 103 cm³/mol. The van der Waals surface area contributed by atoms with Crippen molar-refractivity contribution >= 4 is 23.2 Å². The van der Waals surface area contributed by atoms with Crippen LogP contribution in [-0.2, 0) is 16.1 Å². The first-order valence-corrected chi connectivity index (χ1v) is 9.07. The van der Waals surface area contributed by atoms with E-state index in [9.17, 15) is 4.79 Å². The molecular formula is C20H23ClN2O3. The van der Waals surface area contributed by atoms with Crippen molar-refractivity contribution in [2.45, 2.75) is 13.5 Å². The Labute approximate surface area is 158 Å². The number of halogens is 1. The van der Waals surface area contributed by atoms with Gasteiger partial charge in [0.1, 0.15) is 5.75 Å². The van der Waals surface area contributed by atoms with Gasteiger partial charge in [0.15, 0.2) is 6.61 Å². The van der Waals surface area contributed by atoms with Crippen LogP contribution in [0.3, 0.4) is 0 Å². The fourth-order valence-electron chi connectivity index (χ4n) is 2.82. The monoisotopic (exact) mass is 374 g/mol. The molecule has 0 aromatic heterocycles. The number of ether oxygens (including phenoxy) is 2. The Morgan fingerprint density at radius 3 is 2.62 bits per heavy atom. The van der Waals surface area contributed by atoms with Crippen molar-refractivity contribution in [1.29, 1.82) is 0 Å². The minimum Gasteiger partial charge on any atom is -0.484 e.